The van der Waals surface area contributed by atoms with Gasteiger partial charge < -0.3 is 10.2 Å². The lowest BCUT2D eigenvalue weighted by Crippen LogP contribution is -2.38. The lowest BCUT2D eigenvalue weighted by Gasteiger charge is -2.19. The lowest BCUT2D eigenvalue weighted by molar-refractivity contribution is -0.140. The molecule has 1 aromatic carbocycles. The van der Waals surface area contributed by atoms with Crippen LogP contribution in [0, 0.1) is 12.7 Å². The van der Waals surface area contributed by atoms with Crippen LogP contribution in [0.3, 0.4) is 0 Å². The Morgan fingerprint density at radius 2 is 2.07 bits per heavy atom. The Morgan fingerprint density at radius 1 is 1.30 bits per heavy atom. The van der Waals surface area contributed by atoms with Gasteiger partial charge in [0.25, 0.3) is 0 Å². The monoisotopic (exact) mass is 381 g/mol. The zero-order valence-corrected chi connectivity index (χ0v) is 14.7. The molecule has 2 aromatic rings. The molecule has 2 heterocycles. The number of halogens is 4. The molecule has 1 fully saturated rings. The number of alkyl halides is 3. The van der Waals surface area contributed by atoms with Crippen molar-refractivity contribution in [3.63, 3.8) is 0 Å². The summed E-state index contributed by atoms with van der Waals surface area (Å²) in [6, 6.07) is 4.51. The second-order valence-electron chi connectivity index (χ2n) is 6.71. The van der Waals surface area contributed by atoms with Crippen LogP contribution in [-0.2, 0) is 17.4 Å². The molecule has 0 radical (unpaired) electrons. The van der Waals surface area contributed by atoms with Crippen LogP contribution in [0.25, 0.3) is 0 Å². The Kier molecular flexibility index (Phi) is 5.34. The quantitative estimate of drug-likeness (QED) is 0.825. The second kappa shape index (κ2) is 7.54. The molecule has 1 atom stereocenters. The smallest absolute Gasteiger partial charge is 0.368 e. The van der Waals surface area contributed by atoms with Crippen LogP contribution < -0.4 is 10.2 Å². The van der Waals surface area contributed by atoms with Crippen molar-refractivity contribution in [2.75, 3.05) is 18.0 Å². The van der Waals surface area contributed by atoms with Gasteiger partial charge in [-0.25, -0.2) is 4.39 Å². The average Bonchev–Trinajstić information content (AvgIpc) is 3.02. The highest BCUT2D eigenvalue weighted by Crippen LogP contribution is 2.31. The van der Waals surface area contributed by atoms with Crippen LogP contribution in [0.1, 0.15) is 23.1 Å². The molecule has 1 amide bonds. The number of pyridine rings is 1. The number of aryl methyl sites for hydroxylation is 1. The van der Waals surface area contributed by atoms with E-state index in [-0.39, 0.29) is 23.9 Å². The SMILES string of the molecule is Cc1cncc(N2CC[C@@H](NC(=O)Cc3ccc(C(F)(F)F)c(F)c3)C2)c1. The number of carbonyl (C=O) groups is 1. The first-order valence-corrected chi connectivity index (χ1v) is 8.54. The third-order valence-electron chi connectivity index (χ3n) is 4.48. The van der Waals surface area contributed by atoms with Crippen LogP contribution >= 0.6 is 0 Å². The highest BCUT2D eigenvalue weighted by Gasteiger charge is 2.34. The van der Waals surface area contributed by atoms with Crippen molar-refractivity contribution < 1.29 is 22.4 Å². The van der Waals surface area contributed by atoms with Crippen molar-refractivity contribution in [3.8, 4) is 0 Å². The Balaban J connectivity index is 1.56. The Morgan fingerprint density at radius 3 is 2.74 bits per heavy atom. The number of hydrogen-bond donors (Lipinski definition) is 1. The summed E-state index contributed by atoms with van der Waals surface area (Å²) in [5, 5.41) is 2.86. The summed E-state index contributed by atoms with van der Waals surface area (Å²) in [5.74, 6) is -1.71. The van der Waals surface area contributed by atoms with E-state index in [0.29, 0.717) is 12.6 Å². The third-order valence-corrected chi connectivity index (χ3v) is 4.48. The van der Waals surface area contributed by atoms with Gasteiger partial charge in [-0.2, -0.15) is 13.2 Å². The summed E-state index contributed by atoms with van der Waals surface area (Å²) < 4.78 is 51.4. The van der Waals surface area contributed by atoms with Gasteiger partial charge in [-0.1, -0.05) is 6.07 Å². The molecule has 3 rings (SSSR count). The molecule has 1 aliphatic rings. The Hall–Kier alpha value is -2.64. The van der Waals surface area contributed by atoms with Gasteiger partial charge in [0, 0.05) is 25.3 Å². The van der Waals surface area contributed by atoms with Crippen LogP contribution in [0.2, 0.25) is 0 Å². The second-order valence-corrected chi connectivity index (χ2v) is 6.71. The van der Waals surface area contributed by atoms with Crippen molar-refractivity contribution in [3.05, 3.63) is 59.2 Å². The standard InChI is InChI=1S/C19H19F4N3O/c1-12-6-15(10-24-9-12)26-5-4-14(11-26)25-18(27)8-13-2-3-16(17(20)7-13)19(21,22)23/h2-3,6-7,9-10,14H,4-5,8,11H2,1H3,(H,25,27)/t14-/m1/s1. The molecule has 144 valence electrons. The first-order chi connectivity index (χ1) is 12.7. The maximum Gasteiger partial charge on any atom is 0.419 e. The van der Waals surface area contributed by atoms with E-state index in [4.69, 9.17) is 0 Å². The number of benzene rings is 1. The highest BCUT2D eigenvalue weighted by molar-refractivity contribution is 5.79. The number of amides is 1. The van der Waals surface area contributed by atoms with E-state index in [2.05, 4.69) is 15.2 Å². The minimum atomic E-state index is -4.75. The molecule has 8 heteroatoms. The van der Waals surface area contributed by atoms with E-state index in [1.54, 1.807) is 12.4 Å². The summed E-state index contributed by atoms with van der Waals surface area (Å²) in [4.78, 5) is 18.4. The largest absolute Gasteiger partial charge is 0.419 e. The molecule has 0 aliphatic carbocycles. The molecular formula is C19H19F4N3O. The van der Waals surface area contributed by atoms with Crippen LogP contribution in [0.15, 0.2) is 36.7 Å². The molecule has 1 saturated heterocycles. The Bertz CT molecular complexity index is 838. The van der Waals surface area contributed by atoms with Gasteiger partial charge in [0.05, 0.1) is 23.9 Å². The number of nitrogens with one attached hydrogen (secondary N) is 1. The van der Waals surface area contributed by atoms with E-state index in [0.717, 1.165) is 36.3 Å². The zero-order valence-electron chi connectivity index (χ0n) is 14.7. The van der Waals surface area contributed by atoms with Gasteiger partial charge in [0.15, 0.2) is 0 Å². The minimum Gasteiger partial charge on any atom is -0.368 e. The van der Waals surface area contributed by atoms with E-state index in [9.17, 15) is 22.4 Å². The van der Waals surface area contributed by atoms with E-state index >= 15 is 0 Å². The van der Waals surface area contributed by atoms with Crippen LogP contribution in [0.5, 0.6) is 0 Å². The molecule has 1 aliphatic heterocycles. The maximum absolute atomic E-state index is 13.6. The fourth-order valence-electron chi connectivity index (χ4n) is 3.19. The molecule has 0 unspecified atom stereocenters. The third kappa shape index (κ3) is 4.75. The molecule has 4 nitrogen and oxygen atoms in total. The van der Waals surface area contributed by atoms with Gasteiger partial charge in [0.2, 0.25) is 5.91 Å². The molecule has 0 saturated carbocycles. The number of carbonyl (C=O) groups excluding carboxylic acids is 1. The summed E-state index contributed by atoms with van der Waals surface area (Å²) in [6.45, 7) is 3.35. The zero-order chi connectivity index (χ0) is 19.6. The van der Waals surface area contributed by atoms with Crippen molar-refractivity contribution >= 4 is 11.6 Å². The number of hydrogen-bond acceptors (Lipinski definition) is 3. The summed E-state index contributed by atoms with van der Waals surface area (Å²) in [5.41, 5.74) is 0.904. The van der Waals surface area contributed by atoms with Gasteiger partial charge in [-0.05, 0) is 42.7 Å². The maximum atomic E-state index is 13.6. The van der Waals surface area contributed by atoms with Crippen LogP contribution in [-0.4, -0.2) is 30.0 Å². The molecule has 1 N–H and O–H groups in total. The topological polar surface area (TPSA) is 45.2 Å². The molecule has 0 bridgehead atoms. The lowest BCUT2D eigenvalue weighted by atomic mass is 10.1. The van der Waals surface area contributed by atoms with Crippen molar-refractivity contribution in [2.45, 2.75) is 32.0 Å². The van der Waals surface area contributed by atoms with Gasteiger partial charge in [-0.3, -0.25) is 9.78 Å². The first kappa shape index (κ1) is 19.1. The predicted octanol–water partition coefficient (Wildman–Crippen LogP) is 3.49. The average molecular weight is 381 g/mol. The van der Waals surface area contributed by atoms with Gasteiger partial charge in [0.1, 0.15) is 5.82 Å². The number of aromatic nitrogens is 1. The van der Waals surface area contributed by atoms with Crippen molar-refractivity contribution in [1.29, 1.82) is 0 Å². The van der Waals surface area contributed by atoms with E-state index in [1.807, 2.05) is 13.0 Å². The number of anilines is 1. The number of nitrogens with zero attached hydrogens (tertiary/aromatic N) is 2. The van der Waals surface area contributed by atoms with Gasteiger partial charge in [-0.15, -0.1) is 0 Å². The van der Waals surface area contributed by atoms with E-state index in [1.165, 1.54) is 0 Å². The molecular weight excluding hydrogens is 362 g/mol. The normalized spacial score (nSPS) is 17.2. The summed E-state index contributed by atoms with van der Waals surface area (Å²) in [6.07, 6.45) is -0.633. The first-order valence-electron chi connectivity index (χ1n) is 8.54. The fraction of sp³-hybridized carbons (Fsp3) is 0.368. The molecule has 0 spiro atoms. The number of rotatable bonds is 4. The molecule has 27 heavy (non-hydrogen) atoms. The van der Waals surface area contributed by atoms with E-state index < -0.39 is 17.6 Å². The predicted molar refractivity (Wildman–Crippen MR) is 92.8 cm³/mol. The summed E-state index contributed by atoms with van der Waals surface area (Å²) in [7, 11) is 0. The fourth-order valence-corrected chi connectivity index (χ4v) is 3.19. The van der Waals surface area contributed by atoms with Crippen molar-refractivity contribution in [1.82, 2.24) is 10.3 Å². The van der Waals surface area contributed by atoms with Crippen molar-refractivity contribution in [2.24, 2.45) is 0 Å². The minimum absolute atomic E-state index is 0.0719. The highest BCUT2D eigenvalue weighted by atomic mass is 19.4. The summed E-state index contributed by atoms with van der Waals surface area (Å²) >= 11 is 0. The Labute approximate surface area is 154 Å². The van der Waals surface area contributed by atoms with Crippen LogP contribution in [0.4, 0.5) is 23.2 Å². The molecule has 1 aromatic heterocycles. The van der Waals surface area contributed by atoms with Gasteiger partial charge >= 0.3 is 6.18 Å².